The highest BCUT2D eigenvalue weighted by Crippen LogP contribution is 2.25. The Kier molecular flexibility index (Phi) is 3.41. The molecular formula is C15H20N2O. The van der Waals surface area contributed by atoms with Crippen LogP contribution < -0.4 is 0 Å². The Bertz CT molecular complexity index is 556. The van der Waals surface area contributed by atoms with Gasteiger partial charge in [0.05, 0.1) is 11.4 Å². The molecule has 2 rings (SSSR count). The van der Waals surface area contributed by atoms with Crippen molar-refractivity contribution in [3.63, 3.8) is 0 Å². The van der Waals surface area contributed by atoms with Crippen molar-refractivity contribution in [2.45, 2.75) is 34.1 Å². The lowest BCUT2D eigenvalue weighted by atomic mass is 10.1. The third-order valence-corrected chi connectivity index (χ3v) is 3.07. The van der Waals surface area contributed by atoms with E-state index < -0.39 is 0 Å². The summed E-state index contributed by atoms with van der Waals surface area (Å²) in [6.45, 7) is 8.32. The van der Waals surface area contributed by atoms with Crippen LogP contribution in [-0.4, -0.2) is 14.9 Å². The van der Waals surface area contributed by atoms with Crippen LogP contribution >= 0.6 is 0 Å². The number of hydrogen-bond donors (Lipinski definition) is 1. The first-order valence-corrected chi connectivity index (χ1v) is 6.33. The lowest BCUT2D eigenvalue weighted by molar-refractivity contribution is 0.444. The second-order valence-corrected chi connectivity index (χ2v) is 5.24. The van der Waals surface area contributed by atoms with Gasteiger partial charge in [-0.3, -0.25) is 0 Å². The quantitative estimate of drug-likeness (QED) is 0.898. The number of nitrogens with zero attached hydrogens (tertiary/aromatic N) is 2. The molecule has 3 heteroatoms. The van der Waals surface area contributed by atoms with E-state index in [9.17, 15) is 5.11 Å². The van der Waals surface area contributed by atoms with Crippen molar-refractivity contribution in [1.29, 1.82) is 0 Å². The van der Waals surface area contributed by atoms with E-state index in [0.29, 0.717) is 5.92 Å². The Labute approximate surface area is 108 Å². The minimum Gasteiger partial charge on any atom is -0.492 e. The molecule has 0 aliphatic heterocycles. The average molecular weight is 244 g/mol. The van der Waals surface area contributed by atoms with Crippen molar-refractivity contribution in [1.82, 2.24) is 9.78 Å². The van der Waals surface area contributed by atoms with Gasteiger partial charge >= 0.3 is 0 Å². The van der Waals surface area contributed by atoms with Crippen molar-refractivity contribution in [2.24, 2.45) is 5.92 Å². The summed E-state index contributed by atoms with van der Waals surface area (Å²) in [7, 11) is 0. The van der Waals surface area contributed by atoms with Crippen LogP contribution in [0.2, 0.25) is 0 Å². The lowest BCUT2D eigenvalue weighted by Gasteiger charge is -2.10. The summed E-state index contributed by atoms with van der Waals surface area (Å²) in [6, 6.07) is 8.16. The number of benzene rings is 1. The monoisotopic (exact) mass is 244 g/mol. The molecule has 0 radical (unpaired) electrons. The maximum Gasteiger partial charge on any atom is 0.233 e. The largest absolute Gasteiger partial charge is 0.492 e. The summed E-state index contributed by atoms with van der Waals surface area (Å²) in [5, 5.41) is 14.1. The first-order chi connectivity index (χ1) is 8.49. The van der Waals surface area contributed by atoms with Crippen molar-refractivity contribution in [3.05, 3.63) is 41.1 Å². The SMILES string of the molecule is Cc1cccc(-n2nc(O)c(C)c2CC(C)C)c1. The summed E-state index contributed by atoms with van der Waals surface area (Å²) < 4.78 is 1.86. The lowest BCUT2D eigenvalue weighted by Crippen LogP contribution is -2.06. The van der Waals surface area contributed by atoms with Crippen LogP contribution in [0.4, 0.5) is 0 Å². The smallest absolute Gasteiger partial charge is 0.233 e. The second kappa shape index (κ2) is 4.84. The summed E-state index contributed by atoms with van der Waals surface area (Å²) in [5.41, 5.74) is 4.17. The van der Waals surface area contributed by atoms with Gasteiger partial charge in [-0.15, -0.1) is 5.10 Å². The molecule has 0 aliphatic carbocycles. The Balaban J connectivity index is 2.53. The highest BCUT2D eigenvalue weighted by Gasteiger charge is 2.15. The first-order valence-electron chi connectivity index (χ1n) is 6.33. The highest BCUT2D eigenvalue weighted by atomic mass is 16.3. The maximum absolute atomic E-state index is 9.83. The van der Waals surface area contributed by atoms with Gasteiger partial charge in [-0.2, -0.15) is 0 Å². The average Bonchev–Trinajstić information content (AvgIpc) is 2.57. The summed E-state index contributed by atoms with van der Waals surface area (Å²) >= 11 is 0. The molecule has 0 saturated heterocycles. The fourth-order valence-electron chi connectivity index (χ4n) is 2.12. The van der Waals surface area contributed by atoms with E-state index in [2.05, 4.69) is 38.0 Å². The zero-order chi connectivity index (χ0) is 13.3. The standard InChI is InChI=1S/C15H20N2O/c1-10(2)8-14-12(4)15(18)16-17(14)13-7-5-6-11(3)9-13/h5-7,9-10H,8H2,1-4H3,(H,16,18). The van der Waals surface area contributed by atoms with E-state index in [1.165, 1.54) is 5.56 Å². The van der Waals surface area contributed by atoms with Crippen LogP contribution in [0.15, 0.2) is 24.3 Å². The van der Waals surface area contributed by atoms with Crippen LogP contribution in [0.5, 0.6) is 5.88 Å². The van der Waals surface area contributed by atoms with Gasteiger partial charge < -0.3 is 5.11 Å². The predicted molar refractivity (Wildman–Crippen MR) is 73.2 cm³/mol. The molecule has 0 amide bonds. The number of aromatic hydroxyl groups is 1. The Hall–Kier alpha value is -1.77. The molecule has 0 spiro atoms. The second-order valence-electron chi connectivity index (χ2n) is 5.24. The Morgan fingerprint density at radius 1 is 1.28 bits per heavy atom. The van der Waals surface area contributed by atoms with E-state index >= 15 is 0 Å². The van der Waals surface area contributed by atoms with E-state index in [1.54, 1.807) is 0 Å². The Morgan fingerprint density at radius 3 is 2.61 bits per heavy atom. The molecule has 0 aliphatic rings. The minimum atomic E-state index is 0.132. The molecule has 3 nitrogen and oxygen atoms in total. The zero-order valence-electron chi connectivity index (χ0n) is 11.4. The molecule has 0 bridgehead atoms. The molecule has 0 fully saturated rings. The third-order valence-electron chi connectivity index (χ3n) is 3.07. The van der Waals surface area contributed by atoms with E-state index in [4.69, 9.17) is 0 Å². The highest BCUT2D eigenvalue weighted by molar-refractivity contribution is 5.41. The number of aryl methyl sites for hydroxylation is 1. The number of aromatic nitrogens is 2. The number of hydrogen-bond acceptors (Lipinski definition) is 2. The number of rotatable bonds is 3. The molecule has 96 valence electrons. The van der Waals surface area contributed by atoms with Crippen molar-refractivity contribution in [2.75, 3.05) is 0 Å². The van der Waals surface area contributed by atoms with Crippen molar-refractivity contribution < 1.29 is 5.11 Å². The summed E-state index contributed by atoms with van der Waals surface area (Å²) in [4.78, 5) is 0. The molecule has 1 aromatic heterocycles. The van der Waals surface area contributed by atoms with Gasteiger partial charge in [-0.1, -0.05) is 26.0 Å². The van der Waals surface area contributed by atoms with Crippen LogP contribution in [0, 0.1) is 19.8 Å². The van der Waals surface area contributed by atoms with Gasteiger partial charge in [-0.05, 0) is 43.9 Å². The van der Waals surface area contributed by atoms with Crippen LogP contribution in [0.1, 0.15) is 30.7 Å². The van der Waals surface area contributed by atoms with E-state index in [-0.39, 0.29) is 5.88 Å². The zero-order valence-corrected chi connectivity index (χ0v) is 11.4. The van der Waals surface area contributed by atoms with Gasteiger partial charge in [-0.25, -0.2) is 4.68 Å². The van der Waals surface area contributed by atoms with Crippen molar-refractivity contribution in [3.8, 4) is 11.6 Å². The van der Waals surface area contributed by atoms with Gasteiger partial charge in [0.2, 0.25) is 5.88 Å². The fraction of sp³-hybridized carbons (Fsp3) is 0.400. The van der Waals surface area contributed by atoms with Gasteiger partial charge in [0.25, 0.3) is 0 Å². The summed E-state index contributed by atoms with van der Waals surface area (Å²) in [5.74, 6) is 0.663. The predicted octanol–water partition coefficient (Wildman–Crippen LogP) is 3.39. The van der Waals surface area contributed by atoms with Crippen LogP contribution in [0.25, 0.3) is 5.69 Å². The van der Waals surface area contributed by atoms with E-state index in [0.717, 1.165) is 23.4 Å². The topological polar surface area (TPSA) is 38.0 Å². The van der Waals surface area contributed by atoms with Gasteiger partial charge in [0, 0.05) is 5.56 Å². The summed E-state index contributed by atoms with van der Waals surface area (Å²) in [6.07, 6.45) is 0.910. The maximum atomic E-state index is 9.83. The van der Waals surface area contributed by atoms with E-state index in [1.807, 2.05) is 23.7 Å². The molecule has 0 unspecified atom stereocenters. The molecule has 0 atom stereocenters. The molecular weight excluding hydrogens is 224 g/mol. The van der Waals surface area contributed by atoms with Gasteiger partial charge in [0.15, 0.2) is 0 Å². The van der Waals surface area contributed by atoms with Crippen LogP contribution in [0.3, 0.4) is 0 Å². The minimum absolute atomic E-state index is 0.132. The molecule has 1 aromatic carbocycles. The fourth-order valence-corrected chi connectivity index (χ4v) is 2.12. The third kappa shape index (κ3) is 2.40. The van der Waals surface area contributed by atoms with Gasteiger partial charge in [0.1, 0.15) is 0 Å². The normalized spacial score (nSPS) is 11.2. The molecule has 1 N–H and O–H groups in total. The molecule has 2 aromatic rings. The Morgan fingerprint density at radius 2 is 2.00 bits per heavy atom. The molecule has 18 heavy (non-hydrogen) atoms. The molecule has 1 heterocycles. The molecule has 0 saturated carbocycles. The van der Waals surface area contributed by atoms with Crippen LogP contribution in [-0.2, 0) is 6.42 Å². The first kappa shape index (κ1) is 12.7. The van der Waals surface area contributed by atoms with Crippen molar-refractivity contribution >= 4 is 0 Å².